The Hall–Kier alpha value is -4.05. The van der Waals surface area contributed by atoms with Crippen molar-refractivity contribution in [2.45, 2.75) is 25.5 Å². The highest BCUT2D eigenvalue weighted by Gasteiger charge is 2.21. The number of rotatable bonds is 7. The molecule has 1 aromatic carbocycles. The van der Waals surface area contributed by atoms with E-state index in [1.165, 1.54) is 23.0 Å². The van der Waals surface area contributed by atoms with Crippen LogP contribution in [0.4, 0.5) is 16.0 Å². The molecule has 180 valence electrons. The SMILES string of the molecule is C=CCn1c(=O)c2cnc(Nc3ccc(F)cc3)nc2n1-c1cccc(OC2CCN(C)CC2)n1. The standard InChI is InChI=1S/C25H26FN7O2/c1-3-13-32-24(34)20-16-27-25(28-18-9-7-17(26)8-10-18)30-23(20)33(32)21-5-4-6-22(29-21)35-19-11-14-31(2)15-12-19/h3-10,16,19H,1,11-15H2,2H3,(H,27,28,30). The van der Waals surface area contributed by atoms with Gasteiger partial charge in [-0.1, -0.05) is 12.1 Å². The number of anilines is 2. The van der Waals surface area contributed by atoms with E-state index in [-0.39, 0.29) is 30.0 Å². The van der Waals surface area contributed by atoms with E-state index in [4.69, 9.17) is 9.72 Å². The molecule has 0 spiro atoms. The van der Waals surface area contributed by atoms with Crippen molar-refractivity contribution < 1.29 is 9.13 Å². The van der Waals surface area contributed by atoms with Gasteiger partial charge in [0, 0.05) is 31.0 Å². The third-order valence-electron chi connectivity index (χ3n) is 5.96. The van der Waals surface area contributed by atoms with Crippen molar-refractivity contribution in [2.24, 2.45) is 0 Å². The molecule has 0 radical (unpaired) electrons. The number of benzene rings is 1. The molecular formula is C25H26FN7O2. The first-order chi connectivity index (χ1) is 17.0. The summed E-state index contributed by atoms with van der Waals surface area (Å²) >= 11 is 0. The summed E-state index contributed by atoms with van der Waals surface area (Å²) < 4.78 is 22.6. The van der Waals surface area contributed by atoms with Crippen LogP contribution in [0.5, 0.6) is 5.88 Å². The molecule has 9 nitrogen and oxygen atoms in total. The minimum atomic E-state index is -0.337. The Bertz CT molecular complexity index is 1410. The Labute approximate surface area is 201 Å². The first-order valence-electron chi connectivity index (χ1n) is 11.5. The number of hydrogen-bond acceptors (Lipinski definition) is 7. The summed E-state index contributed by atoms with van der Waals surface area (Å²) in [4.78, 5) is 29.0. The van der Waals surface area contributed by atoms with Crippen molar-refractivity contribution in [3.05, 3.63) is 77.5 Å². The molecule has 0 saturated carbocycles. The molecule has 3 aromatic heterocycles. The molecule has 5 rings (SSSR count). The van der Waals surface area contributed by atoms with E-state index in [2.05, 4.69) is 33.8 Å². The number of allylic oxidation sites excluding steroid dienone is 1. The molecule has 4 aromatic rings. The van der Waals surface area contributed by atoms with Crippen LogP contribution >= 0.6 is 0 Å². The number of likely N-dealkylation sites (tertiary alicyclic amines) is 1. The van der Waals surface area contributed by atoms with E-state index in [1.54, 1.807) is 29.0 Å². The number of piperidine rings is 1. The molecule has 35 heavy (non-hydrogen) atoms. The zero-order chi connectivity index (χ0) is 24.4. The second-order valence-corrected chi connectivity index (χ2v) is 8.51. The number of nitrogens with one attached hydrogen (secondary N) is 1. The average molecular weight is 476 g/mol. The third kappa shape index (κ3) is 4.78. The molecule has 1 saturated heterocycles. The van der Waals surface area contributed by atoms with Gasteiger partial charge in [0.15, 0.2) is 11.5 Å². The number of pyridine rings is 1. The van der Waals surface area contributed by atoms with Crippen molar-refractivity contribution in [2.75, 3.05) is 25.5 Å². The van der Waals surface area contributed by atoms with Crippen LogP contribution < -0.4 is 15.6 Å². The predicted octanol–water partition coefficient (Wildman–Crippen LogP) is 3.52. The first-order valence-corrected chi connectivity index (χ1v) is 11.5. The zero-order valence-electron chi connectivity index (χ0n) is 19.4. The Morgan fingerprint density at radius 2 is 1.94 bits per heavy atom. The molecule has 0 atom stereocenters. The fourth-order valence-electron chi connectivity index (χ4n) is 4.13. The van der Waals surface area contributed by atoms with Gasteiger partial charge in [-0.3, -0.25) is 4.79 Å². The van der Waals surface area contributed by atoms with Crippen LogP contribution in [0.1, 0.15) is 12.8 Å². The Morgan fingerprint density at radius 3 is 2.69 bits per heavy atom. The van der Waals surface area contributed by atoms with Gasteiger partial charge in [0.2, 0.25) is 11.8 Å². The smallest absolute Gasteiger partial charge is 0.278 e. The quantitative estimate of drug-likeness (QED) is 0.409. The topological polar surface area (TPSA) is 90.1 Å². The van der Waals surface area contributed by atoms with Crippen molar-refractivity contribution in [1.29, 1.82) is 0 Å². The fraction of sp³-hybridized carbons (Fsp3) is 0.280. The zero-order valence-corrected chi connectivity index (χ0v) is 19.4. The van der Waals surface area contributed by atoms with Crippen LogP contribution in [-0.2, 0) is 6.54 Å². The highest BCUT2D eigenvalue weighted by molar-refractivity contribution is 5.77. The number of hydrogen-bond donors (Lipinski definition) is 1. The summed E-state index contributed by atoms with van der Waals surface area (Å²) in [6.45, 7) is 6.00. The highest BCUT2D eigenvalue weighted by atomic mass is 19.1. The first kappa shape index (κ1) is 22.7. The number of halogens is 1. The molecule has 0 amide bonds. The van der Waals surface area contributed by atoms with Crippen LogP contribution in [0, 0.1) is 5.82 Å². The van der Waals surface area contributed by atoms with E-state index in [9.17, 15) is 9.18 Å². The number of fused-ring (bicyclic) bond motifs is 1. The summed E-state index contributed by atoms with van der Waals surface area (Å²) in [7, 11) is 2.10. The average Bonchev–Trinajstić information content (AvgIpc) is 3.13. The van der Waals surface area contributed by atoms with Crippen LogP contribution in [-0.4, -0.2) is 55.5 Å². The van der Waals surface area contributed by atoms with Gasteiger partial charge in [0.25, 0.3) is 5.56 Å². The minimum Gasteiger partial charge on any atom is -0.474 e. The van der Waals surface area contributed by atoms with E-state index in [0.717, 1.165) is 25.9 Å². The van der Waals surface area contributed by atoms with Crippen molar-refractivity contribution in [3.8, 4) is 11.7 Å². The van der Waals surface area contributed by atoms with Crippen molar-refractivity contribution in [3.63, 3.8) is 0 Å². The molecule has 10 heteroatoms. The summed E-state index contributed by atoms with van der Waals surface area (Å²) in [5.41, 5.74) is 0.758. The van der Waals surface area contributed by atoms with Gasteiger partial charge >= 0.3 is 0 Å². The van der Waals surface area contributed by atoms with E-state index < -0.39 is 0 Å². The maximum absolute atomic E-state index is 13.3. The molecule has 0 aliphatic carbocycles. The number of aromatic nitrogens is 5. The normalized spacial score (nSPS) is 14.8. The molecule has 1 aliphatic heterocycles. The lowest BCUT2D eigenvalue weighted by molar-refractivity contribution is 0.110. The van der Waals surface area contributed by atoms with Crippen LogP contribution in [0.2, 0.25) is 0 Å². The maximum Gasteiger partial charge on any atom is 0.278 e. The van der Waals surface area contributed by atoms with Gasteiger partial charge in [-0.2, -0.15) is 9.97 Å². The predicted molar refractivity (Wildman–Crippen MR) is 132 cm³/mol. The van der Waals surface area contributed by atoms with Gasteiger partial charge in [-0.05, 0) is 50.2 Å². The Morgan fingerprint density at radius 1 is 1.17 bits per heavy atom. The Kier molecular flexibility index (Phi) is 6.28. The molecule has 1 fully saturated rings. The number of nitrogens with zero attached hydrogens (tertiary/aromatic N) is 6. The van der Waals surface area contributed by atoms with E-state index in [1.807, 2.05) is 12.1 Å². The van der Waals surface area contributed by atoms with Crippen LogP contribution in [0.3, 0.4) is 0 Å². The lowest BCUT2D eigenvalue weighted by Gasteiger charge is -2.29. The summed E-state index contributed by atoms with van der Waals surface area (Å²) in [6.07, 6.45) is 5.08. The highest BCUT2D eigenvalue weighted by Crippen LogP contribution is 2.22. The van der Waals surface area contributed by atoms with Crippen molar-refractivity contribution >= 4 is 22.7 Å². The fourth-order valence-corrected chi connectivity index (χ4v) is 4.13. The van der Waals surface area contributed by atoms with E-state index in [0.29, 0.717) is 28.4 Å². The second kappa shape index (κ2) is 9.67. The lowest BCUT2D eigenvalue weighted by Crippen LogP contribution is -2.35. The van der Waals surface area contributed by atoms with Gasteiger partial charge in [-0.25, -0.2) is 18.7 Å². The molecular weight excluding hydrogens is 449 g/mol. The Balaban J connectivity index is 1.53. The second-order valence-electron chi connectivity index (χ2n) is 8.51. The summed E-state index contributed by atoms with van der Waals surface area (Å²) in [5.74, 6) is 0.925. The van der Waals surface area contributed by atoms with Crippen LogP contribution in [0.15, 0.2) is 66.1 Å². The largest absolute Gasteiger partial charge is 0.474 e. The van der Waals surface area contributed by atoms with E-state index >= 15 is 0 Å². The van der Waals surface area contributed by atoms with Gasteiger partial charge in [-0.15, -0.1) is 6.58 Å². The molecule has 1 N–H and O–H groups in total. The van der Waals surface area contributed by atoms with Crippen LogP contribution in [0.25, 0.3) is 16.9 Å². The van der Waals surface area contributed by atoms with Gasteiger partial charge in [0.1, 0.15) is 17.3 Å². The summed E-state index contributed by atoms with van der Waals surface area (Å²) in [5, 5.41) is 3.40. The molecule has 0 bridgehead atoms. The lowest BCUT2D eigenvalue weighted by atomic mass is 10.1. The minimum absolute atomic E-state index is 0.0968. The monoisotopic (exact) mass is 475 g/mol. The van der Waals surface area contributed by atoms with Gasteiger partial charge < -0.3 is 15.0 Å². The maximum atomic E-state index is 13.3. The number of ether oxygens (including phenoxy) is 1. The van der Waals surface area contributed by atoms with Crippen molar-refractivity contribution in [1.82, 2.24) is 29.2 Å². The third-order valence-corrected chi connectivity index (χ3v) is 5.96. The molecule has 4 heterocycles. The van der Waals surface area contributed by atoms with Gasteiger partial charge in [0.05, 0.1) is 6.54 Å². The molecule has 0 unspecified atom stereocenters. The summed E-state index contributed by atoms with van der Waals surface area (Å²) in [6, 6.07) is 11.3. The molecule has 1 aliphatic rings.